The standard InChI is InChI=1S/C24H25ClN4O/c1-15(2)22-27-14-20-24(28-19-4-3-13-26-23(19)29(20)22)11-9-17(10-12-24)21(30)16-5-7-18(25)8-6-16/h3-8,13-15,17,28H,9-12H2,1-2H3. The highest BCUT2D eigenvalue weighted by Crippen LogP contribution is 2.47. The molecule has 0 saturated heterocycles. The van der Waals surface area contributed by atoms with E-state index in [1.807, 2.05) is 30.6 Å². The van der Waals surface area contributed by atoms with Gasteiger partial charge in [0, 0.05) is 28.6 Å². The van der Waals surface area contributed by atoms with E-state index in [9.17, 15) is 4.79 Å². The van der Waals surface area contributed by atoms with Gasteiger partial charge in [0.25, 0.3) is 0 Å². The van der Waals surface area contributed by atoms with Crippen molar-refractivity contribution in [3.05, 3.63) is 70.9 Å². The summed E-state index contributed by atoms with van der Waals surface area (Å²) in [5, 5.41) is 4.43. The lowest BCUT2D eigenvalue weighted by Gasteiger charge is -2.44. The fourth-order valence-electron chi connectivity index (χ4n) is 4.93. The second-order valence-corrected chi connectivity index (χ2v) is 9.16. The van der Waals surface area contributed by atoms with Crippen LogP contribution in [0.1, 0.15) is 67.3 Å². The summed E-state index contributed by atoms with van der Waals surface area (Å²) in [6, 6.07) is 11.3. The van der Waals surface area contributed by atoms with Crippen molar-refractivity contribution < 1.29 is 4.79 Å². The summed E-state index contributed by atoms with van der Waals surface area (Å²) in [4.78, 5) is 22.4. The summed E-state index contributed by atoms with van der Waals surface area (Å²) in [7, 11) is 0. The zero-order valence-electron chi connectivity index (χ0n) is 17.2. The SMILES string of the molecule is CC(C)c1ncc2n1-c1ncccc1NC21CCC(C(=O)c2ccc(Cl)cc2)CC1. The second kappa shape index (κ2) is 7.24. The number of carbonyl (C=O) groups excluding carboxylic acids is 1. The van der Waals surface area contributed by atoms with Gasteiger partial charge in [-0.05, 0) is 62.1 Å². The molecule has 6 heteroatoms. The molecule has 0 atom stereocenters. The van der Waals surface area contributed by atoms with Crippen molar-refractivity contribution in [2.45, 2.75) is 51.0 Å². The number of hydrogen-bond donors (Lipinski definition) is 1. The maximum absolute atomic E-state index is 13.0. The van der Waals surface area contributed by atoms with Crippen LogP contribution >= 0.6 is 11.6 Å². The predicted molar refractivity (Wildman–Crippen MR) is 118 cm³/mol. The summed E-state index contributed by atoms with van der Waals surface area (Å²) >= 11 is 5.98. The van der Waals surface area contributed by atoms with Crippen molar-refractivity contribution in [2.75, 3.05) is 5.32 Å². The normalized spacial score (nSPS) is 22.5. The zero-order valence-corrected chi connectivity index (χ0v) is 18.0. The Bertz CT molecular complexity index is 1090. The number of pyridine rings is 1. The van der Waals surface area contributed by atoms with Gasteiger partial charge in [0.1, 0.15) is 5.82 Å². The first-order valence-electron chi connectivity index (χ1n) is 10.6. The average Bonchev–Trinajstić information content (AvgIpc) is 3.21. The number of Topliss-reactive ketones (excluding diaryl/α,β-unsaturated/α-hetero) is 1. The van der Waals surface area contributed by atoms with E-state index in [0.717, 1.165) is 54.3 Å². The van der Waals surface area contributed by atoms with Crippen LogP contribution in [0.15, 0.2) is 48.8 Å². The molecule has 5 nitrogen and oxygen atoms in total. The highest BCUT2D eigenvalue weighted by molar-refractivity contribution is 6.30. The third kappa shape index (κ3) is 3.03. The maximum Gasteiger partial charge on any atom is 0.165 e. The van der Waals surface area contributed by atoms with Gasteiger partial charge in [-0.25, -0.2) is 9.97 Å². The minimum atomic E-state index is -0.215. The molecular formula is C24H25ClN4O. The fourth-order valence-corrected chi connectivity index (χ4v) is 5.06. The third-order valence-corrected chi connectivity index (χ3v) is 6.76. The predicted octanol–water partition coefficient (Wildman–Crippen LogP) is 5.74. The molecule has 1 aromatic carbocycles. The van der Waals surface area contributed by atoms with Crippen LogP contribution in [0.25, 0.3) is 5.82 Å². The Morgan fingerprint density at radius 3 is 2.60 bits per heavy atom. The highest BCUT2D eigenvalue weighted by Gasteiger charge is 2.45. The van der Waals surface area contributed by atoms with E-state index in [4.69, 9.17) is 16.6 Å². The lowest BCUT2D eigenvalue weighted by atomic mass is 9.72. The number of halogens is 1. The molecule has 1 aliphatic carbocycles. The highest BCUT2D eigenvalue weighted by atomic mass is 35.5. The van der Waals surface area contributed by atoms with Gasteiger partial charge in [-0.1, -0.05) is 25.4 Å². The number of fused-ring (bicyclic) bond motifs is 4. The van der Waals surface area contributed by atoms with E-state index in [2.05, 4.69) is 34.8 Å². The quantitative estimate of drug-likeness (QED) is 0.549. The van der Waals surface area contributed by atoms with Gasteiger partial charge < -0.3 is 5.32 Å². The van der Waals surface area contributed by atoms with Gasteiger partial charge in [-0.2, -0.15) is 0 Å². The van der Waals surface area contributed by atoms with Crippen molar-refractivity contribution in [2.24, 2.45) is 5.92 Å². The van der Waals surface area contributed by atoms with Crippen LogP contribution in [0.4, 0.5) is 5.69 Å². The smallest absolute Gasteiger partial charge is 0.165 e. The molecule has 2 aliphatic rings. The van der Waals surface area contributed by atoms with E-state index >= 15 is 0 Å². The van der Waals surface area contributed by atoms with Gasteiger partial charge >= 0.3 is 0 Å². The van der Waals surface area contributed by atoms with Crippen LogP contribution in [0.3, 0.4) is 0 Å². The zero-order chi connectivity index (χ0) is 20.9. The maximum atomic E-state index is 13.0. The number of nitrogens with zero attached hydrogens (tertiary/aromatic N) is 3. The van der Waals surface area contributed by atoms with Gasteiger partial charge in [-0.15, -0.1) is 0 Å². The molecule has 1 spiro atoms. The molecule has 3 aromatic rings. The number of imidazole rings is 1. The summed E-state index contributed by atoms with van der Waals surface area (Å²) in [5.41, 5.74) is 2.73. The Morgan fingerprint density at radius 2 is 1.90 bits per heavy atom. The van der Waals surface area contributed by atoms with Gasteiger partial charge in [-0.3, -0.25) is 9.36 Å². The molecule has 3 heterocycles. The number of ketones is 1. The minimum Gasteiger partial charge on any atom is -0.371 e. The Balaban J connectivity index is 1.46. The molecule has 30 heavy (non-hydrogen) atoms. The summed E-state index contributed by atoms with van der Waals surface area (Å²) in [6.07, 6.45) is 7.27. The first kappa shape index (κ1) is 19.3. The van der Waals surface area contributed by atoms with Crippen molar-refractivity contribution in [1.29, 1.82) is 0 Å². The molecule has 1 fully saturated rings. The summed E-state index contributed by atoms with van der Waals surface area (Å²) in [5.74, 6) is 2.50. The van der Waals surface area contributed by atoms with Gasteiger partial charge in [0.05, 0.1) is 23.1 Å². The van der Waals surface area contributed by atoms with E-state index < -0.39 is 0 Å². The molecule has 0 bridgehead atoms. The summed E-state index contributed by atoms with van der Waals surface area (Å²) < 4.78 is 2.23. The lowest BCUT2D eigenvalue weighted by Crippen LogP contribution is -2.44. The van der Waals surface area contributed by atoms with E-state index in [1.54, 1.807) is 12.1 Å². The number of hydrogen-bond acceptors (Lipinski definition) is 4. The van der Waals surface area contributed by atoms with Crippen molar-refractivity contribution in [3.8, 4) is 5.82 Å². The van der Waals surface area contributed by atoms with Crippen molar-refractivity contribution in [1.82, 2.24) is 14.5 Å². The average molecular weight is 421 g/mol. The van der Waals surface area contributed by atoms with Crippen molar-refractivity contribution in [3.63, 3.8) is 0 Å². The molecule has 0 radical (unpaired) electrons. The first-order chi connectivity index (χ1) is 14.5. The van der Waals surface area contributed by atoms with Crippen LogP contribution in [0, 0.1) is 5.92 Å². The fraction of sp³-hybridized carbons (Fsp3) is 0.375. The second-order valence-electron chi connectivity index (χ2n) is 8.72. The first-order valence-corrected chi connectivity index (χ1v) is 11.0. The molecule has 1 aliphatic heterocycles. The molecule has 5 rings (SSSR count). The molecule has 1 saturated carbocycles. The Kier molecular flexibility index (Phi) is 4.66. The molecule has 2 aromatic heterocycles. The van der Waals surface area contributed by atoms with E-state index in [1.165, 1.54) is 0 Å². The molecule has 0 amide bonds. The number of benzene rings is 1. The van der Waals surface area contributed by atoms with Crippen molar-refractivity contribution >= 4 is 23.1 Å². The van der Waals surface area contributed by atoms with Crippen LogP contribution in [-0.2, 0) is 5.54 Å². The summed E-state index contributed by atoms with van der Waals surface area (Å²) in [6.45, 7) is 4.32. The number of anilines is 1. The lowest BCUT2D eigenvalue weighted by molar-refractivity contribution is 0.0864. The van der Waals surface area contributed by atoms with Crippen LogP contribution < -0.4 is 5.32 Å². The molecule has 1 N–H and O–H groups in total. The topological polar surface area (TPSA) is 59.8 Å². The van der Waals surface area contributed by atoms with E-state index in [0.29, 0.717) is 10.9 Å². The van der Waals surface area contributed by atoms with Crippen LogP contribution in [0.2, 0.25) is 5.02 Å². The van der Waals surface area contributed by atoms with Gasteiger partial charge in [0.15, 0.2) is 11.6 Å². The van der Waals surface area contributed by atoms with Crippen LogP contribution in [0.5, 0.6) is 0 Å². The minimum absolute atomic E-state index is 0.0369. The van der Waals surface area contributed by atoms with Crippen LogP contribution in [-0.4, -0.2) is 20.3 Å². The molecule has 154 valence electrons. The van der Waals surface area contributed by atoms with Gasteiger partial charge in [0.2, 0.25) is 0 Å². The number of carbonyl (C=O) groups is 1. The Hall–Kier alpha value is -2.66. The Morgan fingerprint density at radius 1 is 1.17 bits per heavy atom. The van der Waals surface area contributed by atoms with E-state index in [-0.39, 0.29) is 17.2 Å². The molecular weight excluding hydrogens is 396 g/mol. The largest absolute Gasteiger partial charge is 0.371 e. The number of rotatable bonds is 3. The number of nitrogens with one attached hydrogen (secondary N) is 1. The third-order valence-electron chi connectivity index (χ3n) is 6.51. The monoisotopic (exact) mass is 420 g/mol. The number of aromatic nitrogens is 3. The Labute approximate surface area is 181 Å². The molecule has 0 unspecified atom stereocenters.